The third-order valence-electron chi connectivity index (χ3n) is 4.65. The van der Waals surface area contributed by atoms with Crippen molar-refractivity contribution in [2.24, 2.45) is 0 Å². The van der Waals surface area contributed by atoms with E-state index >= 15 is 0 Å². The molecule has 29 heavy (non-hydrogen) atoms. The third-order valence-corrected chi connectivity index (χ3v) is 5.63. The van der Waals surface area contributed by atoms with Gasteiger partial charge in [-0.15, -0.1) is 5.10 Å². The predicted molar refractivity (Wildman–Crippen MR) is 112 cm³/mol. The highest BCUT2D eigenvalue weighted by atomic mass is 32.1. The molecule has 1 saturated heterocycles. The number of benzene rings is 1. The van der Waals surface area contributed by atoms with E-state index in [0.717, 1.165) is 42.4 Å². The zero-order chi connectivity index (χ0) is 20.4. The van der Waals surface area contributed by atoms with E-state index in [9.17, 15) is 9.59 Å². The van der Waals surface area contributed by atoms with Crippen molar-refractivity contribution in [3.8, 4) is 5.75 Å². The normalized spacial score (nSPS) is 14.0. The number of rotatable bonds is 6. The van der Waals surface area contributed by atoms with Crippen molar-refractivity contribution >= 4 is 27.3 Å². The molecule has 4 rings (SSSR count). The Morgan fingerprint density at radius 1 is 1.24 bits per heavy atom. The van der Waals surface area contributed by atoms with Gasteiger partial charge >= 0.3 is 0 Å². The van der Waals surface area contributed by atoms with Crippen LogP contribution in [0.5, 0.6) is 5.75 Å². The fraction of sp³-hybridized carbons (Fsp3) is 0.400. The molecule has 0 aliphatic carbocycles. The van der Waals surface area contributed by atoms with Gasteiger partial charge in [0.25, 0.3) is 11.5 Å². The van der Waals surface area contributed by atoms with E-state index in [4.69, 9.17) is 4.74 Å². The summed E-state index contributed by atoms with van der Waals surface area (Å²) >= 11 is 1.37. The van der Waals surface area contributed by atoms with Gasteiger partial charge in [-0.05, 0) is 44.4 Å². The average molecular weight is 414 g/mol. The molecule has 0 radical (unpaired) electrons. The lowest BCUT2D eigenvalue weighted by Crippen LogP contribution is -2.31. The molecule has 3 heterocycles. The molecule has 0 atom stereocenters. The van der Waals surface area contributed by atoms with Crippen molar-refractivity contribution in [3.05, 3.63) is 51.9 Å². The zero-order valence-corrected chi connectivity index (χ0v) is 17.2. The smallest absolute Gasteiger partial charge is 0.288 e. The molecule has 3 aromatic rings. The SMILES string of the molecule is CC(C)Oc1ccc(CNC(=O)c2cnc3sc(N4CCCC4)nn3c2=O)cc1. The Morgan fingerprint density at radius 3 is 2.66 bits per heavy atom. The Kier molecular flexibility index (Phi) is 5.48. The number of hydrogen-bond donors (Lipinski definition) is 1. The molecule has 0 saturated carbocycles. The number of aromatic nitrogens is 3. The van der Waals surface area contributed by atoms with Crippen molar-refractivity contribution in [1.82, 2.24) is 19.9 Å². The summed E-state index contributed by atoms with van der Waals surface area (Å²) in [5.41, 5.74) is 0.448. The zero-order valence-electron chi connectivity index (χ0n) is 16.4. The molecule has 2 aromatic heterocycles. The van der Waals surface area contributed by atoms with E-state index in [0.29, 0.717) is 11.5 Å². The summed E-state index contributed by atoms with van der Waals surface area (Å²) in [7, 11) is 0. The maximum Gasteiger partial charge on any atom is 0.288 e. The maximum atomic E-state index is 12.7. The van der Waals surface area contributed by atoms with Gasteiger partial charge < -0.3 is 15.0 Å². The Bertz CT molecular complexity index is 1070. The summed E-state index contributed by atoms with van der Waals surface area (Å²) in [5.74, 6) is 0.315. The van der Waals surface area contributed by atoms with Crippen LogP contribution in [0.2, 0.25) is 0 Å². The van der Waals surface area contributed by atoms with Crippen LogP contribution < -0.4 is 20.5 Å². The van der Waals surface area contributed by atoms with E-state index in [1.165, 1.54) is 22.0 Å². The van der Waals surface area contributed by atoms with Crippen LogP contribution in [0.3, 0.4) is 0 Å². The molecule has 1 amide bonds. The molecule has 8 nitrogen and oxygen atoms in total. The molecule has 1 aliphatic rings. The lowest BCUT2D eigenvalue weighted by Gasteiger charge is -2.11. The number of ether oxygens (including phenoxy) is 1. The molecule has 0 spiro atoms. The average Bonchev–Trinajstić information content (AvgIpc) is 3.37. The first-order valence-corrected chi connectivity index (χ1v) is 10.5. The summed E-state index contributed by atoms with van der Waals surface area (Å²) < 4.78 is 6.84. The number of nitrogens with zero attached hydrogens (tertiary/aromatic N) is 4. The Hall–Kier alpha value is -2.94. The highest BCUT2D eigenvalue weighted by Crippen LogP contribution is 2.24. The standard InChI is InChI=1S/C20H23N5O3S/c1-13(2)28-15-7-5-14(6-8-15)11-21-17(26)16-12-22-19-25(18(16)27)23-20(29-19)24-9-3-4-10-24/h5-8,12-13H,3-4,9-11H2,1-2H3,(H,21,26). The number of carbonyl (C=O) groups is 1. The lowest BCUT2D eigenvalue weighted by molar-refractivity contribution is 0.0948. The lowest BCUT2D eigenvalue weighted by atomic mass is 10.2. The first-order valence-electron chi connectivity index (χ1n) is 9.69. The van der Waals surface area contributed by atoms with Crippen LogP contribution in [0.15, 0.2) is 35.3 Å². The van der Waals surface area contributed by atoms with Gasteiger partial charge in [0.15, 0.2) is 0 Å². The number of nitrogens with one attached hydrogen (secondary N) is 1. The summed E-state index contributed by atoms with van der Waals surface area (Å²) in [4.78, 5) is 32.2. The minimum Gasteiger partial charge on any atom is -0.491 e. The van der Waals surface area contributed by atoms with Crippen molar-refractivity contribution in [3.63, 3.8) is 0 Å². The second kappa shape index (κ2) is 8.20. The fourth-order valence-corrected chi connectivity index (χ4v) is 4.12. The second-order valence-corrected chi connectivity index (χ2v) is 8.18. The van der Waals surface area contributed by atoms with Gasteiger partial charge in [0.05, 0.1) is 6.10 Å². The molecule has 1 aliphatic heterocycles. The topological polar surface area (TPSA) is 88.8 Å². The summed E-state index contributed by atoms with van der Waals surface area (Å²) in [6.45, 7) is 6.10. The highest BCUT2D eigenvalue weighted by Gasteiger charge is 2.20. The van der Waals surface area contributed by atoms with Crippen LogP contribution in [0.25, 0.3) is 4.96 Å². The van der Waals surface area contributed by atoms with E-state index in [-0.39, 0.29) is 11.7 Å². The number of amides is 1. The molecule has 1 aromatic carbocycles. The van der Waals surface area contributed by atoms with Gasteiger partial charge in [-0.2, -0.15) is 4.52 Å². The summed E-state index contributed by atoms with van der Waals surface area (Å²) in [6.07, 6.45) is 3.68. The Morgan fingerprint density at radius 2 is 1.97 bits per heavy atom. The molecule has 0 unspecified atom stereocenters. The molecule has 152 valence electrons. The molecule has 0 bridgehead atoms. The van der Waals surface area contributed by atoms with Crippen LogP contribution in [-0.2, 0) is 6.54 Å². The van der Waals surface area contributed by atoms with E-state index < -0.39 is 11.5 Å². The molecular weight excluding hydrogens is 390 g/mol. The number of anilines is 1. The van der Waals surface area contributed by atoms with Crippen molar-refractivity contribution in [2.45, 2.75) is 39.3 Å². The van der Waals surface area contributed by atoms with E-state index in [2.05, 4.69) is 20.3 Å². The second-order valence-electron chi connectivity index (χ2n) is 7.24. The largest absolute Gasteiger partial charge is 0.491 e. The van der Waals surface area contributed by atoms with E-state index in [1.807, 2.05) is 38.1 Å². The molecular formula is C20H23N5O3S. The quantitative estimate of drug-likeness (QED) is 0.668. The van der Waals surface area contributed by atoms with Gasteiger partial charge in [-0.25, -0.2) is 4.98 Å². The minimum atomic E-state index is -0.463. The van der Waals surface area contributed by atoms with Crippen LogP contribution >= 0.6 is 11.3 Å². The Labute approximate surface area is 172 Å². The monoisotopic (exact) mass is 413 g/mol. The highest BCUT2D eigenvalue weighted by molar-refractivity contribution is 7.20. The maximum absolute atomic E-state index is 12.7. The van der Waals surface area contributed by atoms with Crippen molar-refractivity contribution in [1.29, 1.82) is 0 Å². The van der Waals surface area contributed by atoms with Gasteiger partial charge in [0.2, 0.25) is 10.1 Å². The van der Waals surface area contributed by atoms with Crippen molar-refractivity contribution in [2.75, 3.05) is 18.0 Å². The first-order chi connectivity index (χ1) is 14.0. The van der Waals surface area contributed by atoms with Gasteiger partial charge in [-0.1, -0.05) is 23.5 Å². The number of fused-ring (bicyclic) bond motifs is 1. The van der Waals surface area contributed by atoms with Crippen LogP contribution in [0.4, 0.5) is 5.13 Å². The minimum absolute atomic E-state index is 0.0134. The van der Waals surface area contributed by atoms with Crippen LogP contribution in [-0.4, -0.2) is 39.7 Å². The van der Waals surface area contributed by atoms with Crippen LogP contribution in [0.1, 0.15) is 42.6 Å². The summed E-state index contributed by atoms with van der Waals surface area (Å²) in [6, 6.07) is 7.49. The number of hydrogen-bond acceptors (Lipinski definition) is 7. The predicted octanol–water partition coefficient (Wildman–Crippen LogP) is 2.47. The van der Waals surface area contributed by atoms with E-state index in [1.54, 1.807) is 0 Å². The number of carbonyl (C=O) groups excluding carboxylic acids is 1. The van der Waals surface area contributed by atoms with Gasteiger partial charge in [0, 0.05) is 25.8 Å². The first kappa shape index (κ1) is 19.4. The third kappa shape index (κ3) is 4.24. The van der Waals surface area contributed by atoms with Gasteiger partial charge in [-0.3, -0.25) is 9.59 Å². The molecule has 1 fully saturated rings. The fourth-order valence-electron chi connectivity index (χ4n) is 3.20. The molecule has 1 N–H and O–H groups in total. The summed E-state index contributed by atoms with van der Waals surface area (Å²) in [5, 5.41) is 7.93. The Balaban J connectivity index is 1.46. The van der Waals surface area contributed by atoms with Crippen molar-refractivity contribution < 1.29 is 9.53 Å². The molecule has 9 heteroatoms. The van der Waals surface area contributed by atoms with Gasteiger partial charge in [0.1, 0.15) is 11.3 Å². The van der Waals surface area contributed by atoms with Crippen LogP contribution in [0, 0.1) is 0 Å².